The fourth-order valence-corrected chi connectivity index (χ4v) is 4.12. The molecule has 9 heteroatoms. The van der Waals surface area contributed by atoms with Gasteiger partial charge >= 0.3 is 0 Å². The second-order valence-electron chi connectivity index (χ2n) is 5.55. The molecule has 124 valence electrons. The second-order valence-corrected chi connectivity index (χ2v) is 7.74. The fourth-order valence-electron chi connectivity index (χ4n) is 2.51. The van der Waals surface area contributed by atoms with E-state index in [1.54, 1.807) is 18.4 Å². The number of anilines is 2. The van der Waals surface area contributed by atoms with Gasteiger partial charge in [0.15, 0.2) is 5.13 Å². The van der Waals surface area contributed by atoms with Gasteiger partial charge in [0.25, 0.3) is 0 Å². The van der Waals surface area contributed by atoms with Gasteiger partial charge in [-0.2, -0.15) is 0 Å². The van der Waals surface area contributed by atoms with Gasteiger partial charge in [0, 0.05) is 13.1 Å². The van der Waals surface area contributed by atoms with Gasteiger partial charge in [0.05, 0.1) is 23.2 Å². The van der Waals surface area contributed by atoms with Gasteiger partial charge in [-0.15, -0.1) is 10.2 Å². The van der Waals surface area contributed by atoms with E-state index in [1.807, 2.05) is 25.1 Å². The molecular weight excluding hydrogens is 346 g/mol. The largest absolute Gasteiger partial charge is 0.497 e. The molecule has 1 aliphatic rings. The summed E-state index contributed by atoms with van der Waals surface area (Å²) in [7, 11) is 1.65. The molecule has 0 saturated carbocycles. The first kappa shape index (κ1) is 15.3. The molecule has 0 aliphatic carbocycles. The van der Waals surface area contributed by atoms with Gasteiger partial charge in [-0.3, -0.25) is 4.79 Å². The number of nitrogens with zero attached hydrogens (tertiary/aromatic N) is 4. The van der Waals surface area contributed by atoms with E-state index in [-0.39, 0.29) is 11.8 Å². The number of amides is 1. The molecule has 2 aromatic heterocycles. The number of thiazole rings is 1. The first-order valence-electron chi connectivity index (χ1n) is 7.43. The lowest BCUT2D eigenvalue weighted by Gasteiger charge is -2.37. The number of benzene rings is 1. The lowest BCUT2D eigenvalue weighted by molar-refractivity contribution is -0.120. The van der Waals surface area contributed by atoms with Crippen molar-refractivity contribution >= 4 is 49.1 Å². The molecular formula is C15H15N5O2S2. The fraction of sp³-hybridized carbons (Fsp3) is 0.333. The molecule has 1 fully saturated rings. The lowest BCUT2D eigenvalue weighted by atomic mass is 10.0. The number of carbonyl (C=O) groups excluding carboxylic acids is 1. The maximum atomic E-state index is 12.2. The van der Waals surface area contributed by atoms with Gasteiger partial charge in [-0.05, 0) is 25.1 Å². The van der Waals surface area contributed by atoms with Gasteiger partial charge in [0.1, 0.15) is 10.8 Å². The lowest BCUT2D eigenvalue weighted by Crippen LogP contribution is -2.52. The van der Waals surface area contributed by atoms with E-state index in [0.29, 0.717) is 18.2 Å². The molecule has 3 heterocycles. The van der Waals surface area contributed by atoms with E-state index in [1.165, 1.54) is 11.3 Å². The third-order valence-corrected chi connectivity index (χ3v) is 5.70. The smallest absolute Gasteiger partial charge is 0.232 e. The van der Waals surface area contributed by atoms with Gasteiger partial charge in [0.2, 0.25) is 11.0 Å². The number of hydrogen-bond donors (Lipinski definition) is 1. The summed E-state index contributed by atoms with van der Waals surface area (Å²) >= 11 is 3.00. The highest BCUT2D eigenvalue weighted by atomic mass is 32.1. The standard InChI is InChI=1S/C15H15N5O2S2/c1-8-18-19-14(23-8)17-13(21)9-6-20(7-9)15-16-11-4-3-10(22-2)5-12(11)24-15/h3-5,9H,6-7H2,1-2H3,(H,17,19,21). The summed E-state index contributed by atoms with van der Waals surface area (Å²) in [4.78, 5) is 19.0. The molecule has 1 amide bonds. The molecule has 1 saturated heterocycles. The summed E-state index contributed by atoms with van der Waals surface area (Å²) in [6, 6.07) is 5.84. The Morgan fingerprint density at radius 2 is 2.17 bits per heavy atom. The van der Waals surface area contributed by atoms with E-state index in [0.717, 1.165) is 26.1 Å². The molecule has 7 nitrogen and oxygen atoms in total. The normalized spacial score (nSPS) is 14.7. The summed E-state index contributed by atoms with van der Waals surface area (Å²) in [5, 5.41) is 13.0. The molecule has 1 aromatic carbocycles. The summed E-state index contributed by atoms with van der Waals surface area (Å²) in [5.41, 5.74) is 0.952. The number of carbonyl (C=O) groups is 1. The molecule has 3 aromatic rings. The maximum absolute atomic E-state index is 12.2. The summed E-state index contributed by atoms with van der Waals surface area (Å²) in [5.74, 6) is 0.770. The Bertz CT molecular complexity index is 900. The van der Waals surface area contributed by atoms with Crippen molar-refractivity contribution in [3.05, 3.63) is 23.2 Å². The zero-order chi connectivity index (χ0) is 16.7. The molecule has 4 rings (SSSR count). The minimum Gasteiger partial charge on any atom is -0.497 e. The number of aryl methyl sites for hydroxylation is 1. The first-order chi connectivity index (χ1) is 11.6. The highest BCUT2D eigenvalue weighted by molar-refractivity contribution is 7.22. The number of methoxy groups -OCH3 is 1. The Kier molecular flexibility index (Phi) is 3.81. The topological polar surface area (TPSA) is 80.2 Å². The van der Waals surface area contributed by atoms with Gasteiger partial charge < -0.3 is 15.0 Å². The van der Waals surface area contributed by atoms with Crippen molar-refractivity contribution in [2.75, 3.05) is 30.4 Å². The van der Waals surface area contributed by atoms with Crippen LogP contribution in [0.1, 0.15) is 5.01 Å². The number of nitrogens with one attached hydrogen (secondary N) is 1. The van der Waals surface area contributed by atoms with Crippen molar-refractivity contribution in [3.8, 4) is 5.75 Å². The number of fused-ring (bicyclic) bond motifs is 1. The molecule has 0 unspecified atom stereocenters. The molecule has 1 N–H and O–H groups in total. The van der Waals surface area contributed by atoms with Crippen molar-refractivity contribution in [1.29, 1.82) is 0 Å². The number of aromatic nitrogens is 3. The van der Waals surface area contributed by atoms with Gasteiger partial charge in [-0.25, -0.2) is 4.98 Å². The monoisotopic (exact) mass is 361 g/mol. The Balaban J connectivity index is 1.40. The molecule has 0 spiro atoms. The van der Waals surface area contributed by atoms with E-state index in [2.05, 4.69) is 25.4 Å². The van der Waals surface area contributed by atoms with Crippen LogP contribution in [0.5, 0.6) is 5.75 Å². The van der Waals surface area contributed by atoms with Gasteiger partial charge in [-0.1, -0.05) is 22.7 Å². The third-order valence-electron chi connectivity index (χ3n) is 3.86. The van der Waals surface area contributed by atoms with Crippen molar-refractivity contribution in [1.82, 2.24) is 15.2 Å². The number of rotatable bonds is 4. The summed E-state index contributed by atoms with van der Waals surface area (Å²) in [6.45, 7) is 3.20. The molecule has 0 bridgehead atoms. The third kappa shape index (κ3) is 2.80. The molecule has 24 heavy (non-hydrogen) atoms. The quantitative estimate of drug-likeness (QED) is 0.769. The Labute approximate surface area is 146 Å². The Morgan fingerprint density at radius 3 is 2.88 bits per heavy atom. The first-order valence-corrected chi connectivity index (χ1v) is 9.06. The summed E-state index contributed by atoms with van der Waals surface area (Å²) in [6.07, 6.45) is 0. The zero-order valence-electron chi connectivity index (χ0n) is 13.1. The van der Waals surface area contributed by atoms with E-state index < -0.39 is 0 Å². The van der Waals surface area contributed by atoms with Crippen LogP contribution in [0.2, 0.25) is 0 Å². The maximum Gasteiger partial charge on any atom is 0.232 e. The summed E-state index contributed by atoms with van der Waals surface area (Å²) < 4.78 is 6.33. The van der Waals surface area contributed by atoms with Crippen molar-refractivity contribution in [2.24, 2.45) is 5.92 Å². The van der Waals surface area contributed by atoms with Crippen LogP contribution in [0, 0.1) is 12.8 Å². The SMILES string of the molecule is COc1ccc2nc(N3CC(C(=O)Nc4nnc(C)s4)C3)sc2c1. The number of ether oxygens (including phenoxy) is 1. The molecule has 0 atom stereocenters. The zero-order valence-corrected chi connectivity index (χ0v) is 14.8. The van der Waals surface area contributed by atoms with Crippen LogP contribution in [0.4, 0.5) is 10.3 Å². The van der Waals surface area contributed by atoms with Crippen molar-refractivity contribution < 1.29 is 9.53 Å². The van der Waals surface area contributed by atoms with Crippen LogP contribution in [-0.2, 0) is 4.79 Å². The van der Waals surface area contributed by atoms with Crippen LogP contribution < -0.4 is 15.0 Å². The average Bonchev–Trinajstić information content (AvgIpc) is 3.10. The Hall–Kier alpha value is -2.26. The molecule has 0 radical (unpaired) electrons. The van der Waals surface area contributed by atoms with Crippen LogP contribution in [-0.4, -0.2) is 41.3 Å². The van der Waals surface area contributed by atoms with Crippen LogP contribution >= 0.6 is 22.7 Å². The van der Waals surface area contributed by atoms with Crippen LogP contribution in [0.25, 0.3) is 10.2 Å². The minimum atomic E-state index is -0.0456. The highest BCUT2D eigenvalue weighted by Crippen LogP contribution is 2.34. The predicted molar refractivity (Wildman–Crippen MR) is 95.2 cm³/mol. The van der Waals surface area contributed by atoms with E-state index in [4.69, 9.17) is 4.74 Å². The van der Waals surface area contributed by atoms with Crippen LogP contribution in [0.15, 0.2) is 18.2 Å². The van der Waals surface area contributed by atoms with Crippen molar-refractivity contribution in [3.63, 3.8) is 0 Å². The van der Waals surface area contributed by atoms with Crippen molar-refractivity contribution in [2.45, 2.75) is 6.92 Å². The average molecular weight is 361 g/mol. The highest BCUT2D eigenvalue weighted by Gasteiger charge is 2.34. The van der Waals surface area contributed by atoms with E-state index in [9.17, 15) is 4.79 Å². The molecule has 1 aliphatic heterocycles. The minimum absolute atomic E-state index is 0.00909. The van der Waals surface area contributed by atoms with E-state index >= 15 is 0 Å². The number of hydrogen-bond acceptors (Lipinski definition) is 8. The Morgan fingerprint density at radius 1 is 1.33 bits per heavy atom. The predicted octanol–water partition coefficient (Wildman–Crippen LogP) is 2.54. The second kappa shape index (κ2) is 5.99. The van der Waals surface area contributed by atoms with Crippen LogP contribution in [0.3, 0.4) is 0 Å².